The molecule has 0 aliphatic carbocycles. The number of hydrogen-bond donors (Lipinski definition) is 7. The van der Waals surface area contributed by atoms with Crippen LogP contribution in [0.1, 0.15) is 12.8 Å². The lowest BCUT2D eigenvalue weighted by Gasteiger charge is -2.17. The molecule has 0 saturated heterocycles. The van der Waals surface area contributed by atoms with Crippen LogP contribution in [-0.2, 0) is 19.2 Å². The fourth-order valence-electron chi connectivity index (χ4n) is 1.57. The van der Waals surface area contributed by atoms with Gasteiger partial charge in [0.25, 0.3) is 0 Å². The van der Waals surface area contributed by atoms with Gasteiger partial charge in [-0.25, -0.2) is 0 Å². The molecule has 0 aromatic rings. The number of carboxylic acids is 2. The molecular formula is C12H21N3O7S. The van der Waals surface area contributed by atoms with Gasteiger partial charge in [-0.2, -0.15) is 12.6 Å². The summed E-state index contributed by atoms with van der Waals surface area (Å²) < 4.78 is 0. The third-order valence-electron chi connectivity index (χ3n) is 2.71. The van der Waals surface area contributed by atoms with E-state index in [4.69, 9.17) is 15.3 Å². The molecule has 0 rings (SSSR count). The molecule has 0 heterocycles. The van der Waals surface area contributed by atoms with Crippen LogP contribution in [0.5, 0.6) is 0 Å². The van der Waals surface area contributed by atoms with Crippen molar-refractivity contribution in [2.75, 3.05) is 25.4 Å². The van der Waals surface area contributed by atoms with Crippen LogP contribution < -0.4 is 16.0 Å². The van der Waals surface area contributed by atoms with Crippen molar-refractivity contribution in [3.05, 3.63) is 0 Å². The van der Waals surface area contributed by atoms with Crippen LogP contribution >= 0.6 is 12.6 Å². The molecule has 23 heavy (non-hydrogen) atoms. The fraction of sp³-hybridized carbons (Fsp3) is 0.667. The summed E-state index contributed by atoms with van der Waals surface area (Å²) in [4.78, 5) is 44.7. The molecule has 6 N–H and O–H groups in total. The zero-order valence-corrected chi connectivity index (χ0v) is 13.2. The Morgan fingerprint density at radius 2 is 1.74 bits per heavy atom. The monoisotopic (exact) mass is 351 g/mol. The Kier molecular flexibility index (Phi) is 10.7. The van der Waals surface area contributed by atoms with Gasteiger partial charge < -0.3 is 31.3 Å². The number of aliphatic hydroxyl groups excluding tert-OH is 1. The predicted molar refractivity (Wildman–Crippen MR) is 82.2 cm³/mol. The van der Waals surface area contributed by atoms with Crippen molar-refractivity contribution in [1.29, 1.82) is 0 Å². The van der Waals surface area contributed by atoms with Gasteiger partial charge in [0, 0.05) is 18.7 Å². The minimum atomic E-state index is -1.22. The van der Waals surface area contributed by atoms with Crippen LogP contribution in [0.2, 0.25) is 0 Å². The first kappa shape index (κ1) is 21.1. The molecular weight excluding hydrogens is 330 g/mol. The number of hydrogen-bond acceptors (Lipinski definition) is 7. The molecule has 0 saturated carbocycles. The van der Waals surface area contributed by atoms with Crippen molar-refractivity contribution in [2.24, 2.45) is 0 Å². The van der Waals surface area contributed by atoms with Gasteiger partial charge in [0.1, 0.15) is 18.6 Å². The summed E-state index contributed by atoms with van der Waals surface area (Å²) >= 11 is 3.90. The molecule has 0 unspecified atom stereocenters. The first-order valence-electron chi connectivity index (χ1n) is 6.78. The lowest BCUT2D eigenvalue weighted by molar-refractivity contribution is -0.140. The van der Waals surface area contributed by atoms with E-state index in [1.165, 1.54) is 0 Å². The number of nitrogens with one attached hydrogen (secondary N) is 3. The van der Waals surface area contributed by atoms with Crippen LogP contribution in [0.25, 0.3) is 0 Å². The molecule has 0 aromatic heterocycles. The summed E-state index contributed by atoms with van der Waals surface area (Å²) in [5, 5.41) is 33.1. The Balaban J connectivity index is 4.34. The normalized spacial score (nSPS) is 13.0. The van der Waals surface area contributed by atoms with Gasteiger partial charge >= 0.3 is 11.9 Å². The Morgan fingerprint density at radius 3 is 2.22 bits per heavy atom. The first-order chi connectivity index (χ1) is 10.8. The third kappa shape index (κ3) is 9.71. The van der Waals surface area contributed by atoms with E-state index in [9.17, 15) is 19.2 Å². The number of aliphatic carboxylic acids is 2. The highest BCUT2D eigenvalue weighted by Gasteiger charge is 2.22. The first-order valence-corrected chi connectivity index (χ1v) is 7.41. The van der Waals surface area contributed by atoms with E-state index in [-0.39, 0.29) is 31.7 Å². The lowest BCUT2D eigenvalue weighted by atomic mass is 10.1. The molecule has 0 aliphatic heterocycles. The van der Waals surface area contributed by atoms with Crippen LogP contribution in [0.15, 0.2) is 0 Å². The van der Waals surface area contributed by atoms with Gasteiger partial charge in [-0.15, -0.1) is 0 Å². The SMILES string of the molecule is O=C(O)CNC(=O)[C@H](CS)NC(=O)CC[C@H](NCCO)C(=O)O. The topological polar surface area (TPSA) is 165 Å². The molecule has 2 amide bonds. The summed E-state index contributed by atoms with van der Waals surface area (Å²) in [7, 11) is 0. The summed E-state index contributed by atoms with van der Waals surface area (Å²) in [5.74, 6) is -3.67. The van der Waals surface area contributed by atoms with Gasteiger partial charge in [-0.1, -0.05) is 0 Å². The summed E-state index contributed by atoms with van der Waals surface area (Å²) in [5.41, 5.74) is 0. The largest absolute Gasteiger partial charge is 0.480 e. The van der Waals surface area contributed by atoms with Crippen LogP contribution in [-0.4, -0.2) is 76.6 Å². The number of rotatable bonds is 12. The molecule has 0 fully saturated rings. The smallest absolute Gasteiger partial charge is 0.322 e. The Labute approximate surface area is 138 Å². The van der Waals surface area contributed by atoms with Crippen molar-refractivity contribution >= 4 is 36.4 Å². The zero-order valence-electron chi connectivity index (χ0n) is 12.3. The minimum Gasteiger partial charge on any atom is -0.480 e. The molecule has 0 radical (unpaired) electrons. The number of thiol groups is 1. The van der Waals surface area contributed by atoms with E-state index in [1.807, 2.05) is 0 Å². The standard InChI is InChI=1S/C12H21N3O7S/c16-4-3-13-7(12(21)22)1-2-9(17)15-8(6-23)11(20)14-5-10(18)19/h7-8,13,16,23H,1-6H2,(H,14,20)(H,15,17)(H,18,19)(H,21,22)/t7-,8-/m0/s1. The molecule has 132 valence electrons. The van der Waals surface area contributed by atoms with Gasteiger partial charge in [0.05, 0.1) is 6.61 Å². The van der Waals surface area contributed by atoms with Crippen molar-refractivity contribution in [1.82, 2.24) is 16.0 Å². The van der Waals surface area contributed by atoms with Crippen LogP contribution in [0.3, 0.4) is 0 Å². The van der Waals surface area contributed by atoms with Gasteiger partial charge in [0.15, 0.2) is 0 Å². The zero-order chi connectivity index (χ0) is 17.8. The predicted octanol–water partition coefficient (Wildman–Crippen LogP) is -2.58. The van der Waals surface area contributed by atoms with Crippen molar-refractivity contribution in [3.8, 4) is 0 Å². The maximum absolute atomic E-state index is 11.7. The van der Waals surface area contributed by atoms with Gasteiger partial charge in [-0.3, -0.25) is 19.2 Å². The van der Waals surface area contributed by atoms with E-state index < -0.39 is 42.4 Å². The Hall–Kier alpha value is -1.85. The number of amides is 2. The molecule has 10 nitrogen and oxygen atoms in total. The number of carboxylic acid groups (broad SMARTS) is 2. The van der Waals surface area contributed by atoms with Crippen molar-refractivity contribution < 1.29 is 34.5 Å². The maximum atomic E-state index is 11.7. The quantitative estimate of drug-likeness (QED) is 0.188. The average Bonchev–Trinajstić information content (AvgIpc) is 2.49. The van der Waals surface area contributed by atoms with Crippen LogP contribution in [0, 0.1) is 0 Å². The lowest BCUT2D eigenvalue weighted by Crippen LogP contribution is -2.49. The van der Waals surface area contributed by atoms with E-state index in [0.717, 1.165) is 0 Å². The number of carbonyl (C=O) groups excluding carboxylic acids is 2. The Morgan fingerprint density at radius 1 is 1.09 bits per heavy atom. The Bertz CT molecular complexity index is 433. The van der Waals surface area contributed by atoms with E-state index >= 15 is 0 Å². The summed E-state index contributed by atoms with van der Waals surface area (Å²) in [6, 6.07) is -2.01. The number of aliphatic hydroxyl groups is 1. The van der Waals surface area contributed by atoms with Crippen molar-refractivity contribution in [3.63, 3.8) is 0 Å². The third-order valence-corrected chi connectivity index (χ3v) is 3.07. The summed E-state index contributed by atoms with van der Waals surface area (Å²) in [6.45, 7) is -0.734. The van der Waals surface area contributed by atoms with E-state index in [2.05, 4.69) is 28.6 Å². The van der Waals surface area contributed by atoms with Gasteiger partial charge in [-0.05, 0) is 6.42 Å². The second-order valence-electron chi connectivity index (χ2n) is 4.52. The summed E-state index contributed by atoms with van der Waals surface area (Å²) in [6.07, 6.45) is -0.191. The maximum Gasteiger partial charge on any atom is 0.322 e. The van der Waals surface area contributed by atoms with Crippen LogP contribution in [0.4, 0.5) is 0 Å². The second-order valence-corrected chi connectivity index (χ2v) is 4.89. The molecule has 0 aromatic carbocycles. The number of carbonyl (C=O) groups is 4. The van der Waals surface area contributed by atoms with Crippen molar-refractivity contribution in [2.45, 2.75) is 24.9 Å². The molecule has 0 bridgehead atoms. The van der Waals surface area contributed by atoms with Gasteiger partial charge in [0.2, 0.25) is 11.8 Å². The van der Waals surface area contributed by atoms with E-state index in [0.29, 0.717) is 0 Å². The fourth-order valence-corrected chi connectivity index (χ4v) is 1.83. The molecule has 0 spiro atoms. The van der Waals surface area contributed by atoms with E-state index in [1.54, 1.807) is 0 Å². The molecule has 11 heteroatoms. The molecule has 2 atom stereocenters. The second kappa shape index (κ2) is 11.7. The highest BCUT2D eigenvalue weighted by atomic mass is 32.1. The minimum absolute atomic E-state index is 0.0306. The average molecular weight is 351 g/mol. The molecule has 0 aliphatic rings. The highest BCUT2D eigenvalue weighted by Crippen LogP contribution is 1.99. The highest BCUT2D eigenvalue weighted by molar-refractivity contribution is 7.80.